The van der Waals surface area contributed by atoms with E-state index in [-0.39, 0.29) is 5.54 Å². The largest absolute Gasteiger partial charge is 0.481 e. The molecule has 166 valence electrons. The minimum absolute atomic E-state index is 0.00804. The van der Waals surface area contributed by atoms with Gasteiger partial charge in [0.1, 0.15) is 6.73 Å². The van der Waals surface area contributed by atoms with Gasteiger partial charge in [0, 0.05) is 6.42 Å². The molecule has 0 bridgehead atoms. The van der Waals surface area contributed by atoms with Crippen LogP contribution in [-0.2, 0) is 14.4 Å². The molecule has 5 nitrogen and oxygen atoms in total. The standard InChI is InChI=1S/C23H45NO4/c1-4-21(28-24-20-27-19-23(24,2)3)17-15-13-11-9-7-5-6-8-10-12-14-16-18-22(25)26/h21H,4-20H2,1-3H3,(H,25,26). The Kier molecular flexibility index (Phi) is 13.8. The molecule has 1 aliphatic rings. The van der Waals surface area contributed by atoms with Crippen molar-refractivity contribution in [2.75, 3.05) is 13.3 Å². The van der Waals surface area contributed by atoms with Crippen molar-refractivity contribution < 1.29 is 19.5 Å². The molecular weight excluding hydrogens is 354 g/mol. The number of carboxylic acid groups (broad SMARTS) is 1. The van der Waals surface area contributed by atoms with E-state index in [0.29, 0.717) is 19.3 Å². The smallest absolute Gasteiger partial charge is 0.303 e. The van der Waals surface area contributed by atoms with E-state index in [1.165, 1.54) is 64.2 Å². The van der Waals surface area contributed by atoms with Gasteiger partial charge in [0.05, 0.1) is 18.2 Å². The Morgan fingerprint density at radius 2 is 1.46 bits per heavy atom. The van der Waals surface area contributed by atoms with E-state index in [2.05, 4.69) is 20.8 Å². The fourth-order valence-corrected chi connectivity index (χ4v) is 3.73. The first-order valence-electron chi connectivity index (χ1n) is 11.7. The van der Waals surface area contributed by atoms with Crippen molar-refractivity contribution in [2.45, 2.75) is 129 Å². The van der Waals surface area contributed by atoms with Crippen LogP contribution in [0.1, 0.15) is 117 Å². The fraction of sp³-hybridized carbons (Fsp3) is 0.957. The molecule has 1 saturated heterocycles. The summed E-state index contributed by atoms with van der Waals surface area (Å²) >= 11 is 0. The number of rotatable bonds is 18. The first kappa shape index (κ1) is 25.4. The lowest BCUT2D eigenvalue weighted by molar-refractivity contribution is -0.237. The average molecular weight is 400 g/mol. The van der Waals surface area contributed by atoms with Crippen LogP contribution in [0.2, 0.25) is 0 Å². The number of carbonyl (C=O) groups is 1. The Labute approximate surface area is 173 Å². The summed E-state index contributed by atoms with van der Waals surface area (Å²) < 4.78 is 5.53. The molecule has 0 radical (unpaired) electrons. The summed E-state index contributed by atoms with van der Waals surface area (Å²) in [4.78, 5) is 16.6. The minimum Gasteiger partial charge on any atom is -0.481 e. The second-order valence-electron chi connectivity index (χ2n) is 8.98. The van der Waals surface area contributed by atoms with Crippen LogP contribution in [-0.4, -0.2) is 41.1 Å². The zero-order valence-electron chi connectivity index (χ0n) is 18.7. The zero-order valence-corrected chi connectivity index (χ0v) is 18.7. The van der Waals surface area contributed by atoms with Crippen LogP contribution in [0.4, 0.5) is 0 Å². The molecule has 1 aliphatic heterocycles. The molecular formula is C23H45NO4. The molecule has 1 fully saturated rings. The number of hydrogen-bond acceptors (Lipinski definition) is 4. The SMILES string of the molecule is CCC(CCCCCCCCCCCCCCC(=O)O)ON1COCC1(C)C. The van der Waals surface area contributed by atoms with Gasteiger partial charge in [-0.05, 0) is 33.1 Å². The molecule has 0 aromatic rings. The summed E-state index contributed by atoms with van der Waals surface area (Å²) in [5, 5.41) is 10.6. The molecule has 0 spiro atoms. The fourth-order valence-electron chi connectivity index (χ4n) is 3.73. The van der Waals surface area contributed by atoms with Crippen molar-refractivity contribution in [3.05, 3.63) is 0 Å². The molecule has 28 heavy (non-hydrogen) atoms. The van der Waals surface area contributed by atoms with Crippen molar-refractivity contribution in [1.82, 2.24) is 5.06 Å². The molecule has 0 aromatic carbocycles. The molecule has 1 N–H and O–H groups in total. The van der Waals surface area contributed by atoms with E-state index < -0.39 is 5.97 Å². The number of unbranched alkanes of at least 4 members (excludes halogenated alkanes) is 11. The predicted octanol–water partition coefficient (Wildman–Crippen LogP) is 6.31. The highest BCUT2D eigenvalue weighted by Crippen LogP contribution is 2.24. The topological polar surface area (TPSA) is 59.0 Å². The number of aliphatic carboxylic acids is 1. The molecule has 5 heteroatoms. The van der Waals surface area contributed by atoms with Crippen LogP contribution in [0.15, 0.2) is 0 Å². The predicted molar refractivity (Wildman–Crippen MR) is 114 cm³/mol. The molecule has 0 aliphatic carbocycles. The minimum atomic E-state index is -0.664. The summed E-state index contributed by atoms with van der Waals surface area (Å²) in [6.45, 7) is 7.89. The van der Waals surface area contributed by atoms with Gasteiger partial charge in [-0.3, -0.25) is 9.63 Å². The van der Waals surface area contributed by atoms with Crippen LogP contribution in [0.5, 0.6) is 0 Å². The van der Waals surface area contributed by atoms with Crippen LogP contribution in [0, 0.1) is 0 Å². The van der Waals surface area contributed by atoms with Crippen molar-refractivity contribution in [3.8, 4) is 0 Å². The van der Waals surface area contributed by atoms with Crippen LogP contribution in [0.3, 0.4) is 0 Å². The Hall–Kier alpha value is -0.650. The Balaban J connectivity index is 1.87. The van der Waals surface area contributed by atoms with Gasteiger partial charge in [0.25, 0.3) is 0 Å². The summed E-state index contributed by atoms with van der Waals surface area (Å²) in [6.07, 6.45) is 17.8. The Bertz CT molecular complexity index is 400. The highest BCUT2D eigenvalue weighted by Gasteiger charge is 2.35. The zero-order chi connectivity index (χ0) is 20.7. The van der Waals surface area contributed by atoms with Crippen molar-refractivity contribution in [2.24, 2.45) is 0 Å². The number of hydrogen-bond donors (Lipinski definition) is 1. The first-order chi connectivity index (χ1) is 13.5. The van der Waals surface area contributed by atoms with Gasteiger partial charge < -0.3 is 9.84 Å². The highest BCUT2D eigenvalue weighted by molar-refractivity contribution is 5.66. The van der Waals surface area contributed by atoms with E-state index >= 15 is 0 Å². The normalized spacial score (nSPS) is 17.8. The summed E-state index contributed by atoms with van der Waals surface area (Å²) in [6, 6.07) is 0. The molecule has 1 heterocycles. The second kappa shape index (κ2) is 15.2. The lowest BCUT2D eigenvalue weighted by Crippen LogP contribution is -2.42. The Morgan fingerprint density at radius 3 is 1.89 bits per heavy atom. The average Bonchev–Trinajstić information content (AvgIpc) is 2.98. The molecule has 0 aromatic heterocycles. The van der Waals surface area contributed by atoms with Gasteiger partial charge in [-0.25, -0.2) is 0 Å². The summed E-state index contributed by atoms with van der Waals surface area (Å²) in [5.74, 6) is -0.664. The van der Waals surface area contributed by atoms with Crippen LogP contribution in [0.25, 0.3) is 0 Å². The van der Waals surface area contributed by atoms with Gasteiger partial charge in [0.2, 0.25) is 0 Å². The maximum atomic E-state index is 10.4. The highest BCUT2D eigenvalue weighted by atomic mass is 16.7. The molecule has 1 rings (SSSR count). The third-order valence-corrected chi connectivity index (χ3v) is 5.74. The second-order valence-corrected chi connectivity index (χ2v) is 8.98. The lowest BCUT2D eigenvalue weighted by Gasteiger charge is -2.31. The van der Waals surface area contributed by atoms with E-state index in [1.54, 1.807) is 0 Å². The third kappa shape index (κ3) is 12.0. The van der Waals surface area contributed by atoms with Gasteiger partial charge in [-0.15, -0.1) is 0 Å². The van der Waals surface area contributed by atoms with Crippen LogP contribution < -0.4 is 0 Å². The van der Waals surface area contributed by atoms with E-state index in [4.69, 9.17) is 14.7 Å². The van der Waals surface area contributed by atoms with Crippen molar-refractivity contribution in [1.29, 1.82) is 0 Å². The van der Waals surface area contributed by atoms with E-state index in [1.807, 2.05) is 5.06 Å². The summed E-state index contributed by atoms with van der Waals surface area (Å²) in [5.41, 5.74) is -0.00804. The third-order valence-electron chi connectivity index (χ3n) is 5.74. The maximum Gasteiger partial charge on any atom is 0.303 e. The molecule has 1 atom stereocenters. The van der Waals surface area contributed by atoms with Crippen molar-refractivity contribution in [3.63, 3.8) is 0 Å². The van der Waals surface area contributed by atoms with E-state index in [0.717, 1.165) is 32.3 Å². The van der Waals surface area contributed by atoms with E-state index in [9.17, 15) is 4.79 Å². The molecule has 1 unspecified atom stereocenters. The van der Waals surface area contributed by atoms with Gasteiger partial charge in [-0.2, -0.15) is 5.06 Å². The van der Waals surface area contributed by atoms with Crippen molar-refractivity contribution >= 4 is 5.97 Å². The van der Waals surface area contributed by atoms with Gasteiger partial charge in [-0.1, -0.05) is 77.6 Å². The maximum absolute atomic E-state index is 10.4. The number of nitrogens with zero attached hydrogens (tertiary/aromatic N) is 1. The van der Waals surface area contributed by atoms with Gasteiger partial charge in [0.15, 0.2) is 0 Å². The first-order valence-corrected chi connectivity index (χ1v) is 11.7. The van der Waals surface area contributed by atoms with Crippen LogP contribution >= 0.6 is 0 Å². The quantitative estimate of drug-likeness (QED) is 0.274. The van der Waals surface area contributed by atoms with Gasteiger partial charge >= 0.3 is 5.97 Å². The number of hydroxylamine groups is 2. The number of carboxylic acids is 1. The molecule has 0 saturated carbocycles. The molecule has 0 amide bonds. The lowest BCUT2D eigenvalue weighted by atomic mass is 10.0. The summed E-state index contributed by atoms with van der Waals surface area (Å²) in [7, 11) is 0. The monoisotopic (exact) mass is 399 g/mol. The Morgan fingerprint density at radius 1 is 0.964 bits per heavy atom. The number of ether oxygens (including phenoxy) is 1.